The number of anilines is 1. The van der Waals surface area contributed by atoms with Gasteiger partial charge in [-0.15, -0.1) is 0 Å². The summed E-state index contributed by atoms with van der Waals surface area (Å²) in [5.41, 5.74) is 1.91. The lowest BCUT2D eigenvalue weighted by Crippen LogP contribution is -2.52. The van der Waals surface area contributed by atoms with Gasteiger partial charge in [-0.05, 0) is 61.7 Å². The van der Waals surface area contributed by atoms with Crippen molar-refractivity contribution in [1.29, 1.82) is 0 Å². The number of methoxy groups -OCH3 is 2. The van der Waals surface area contributed by atoms with Gasteiger partial charge in [0.2, 0.25) is 11.8 Å². The lowest BCUT2D eigenvalue weighted by molar-refractivity contribution is -0.140. The Balaban J connectivity index is 2.08. The van der Waals surface area contributed by atoms with Crippen LogP contribution in [0.1, 0.15) is 37.8 Å². The van der Waals surface area contributed by atoms with Crippen molar-refractivity contribution in [2.75, 3.05) is 31.6 Å². The van der Waals surface area contributed by atoms with Crippen LogP contribution in [0.5, 0.6) is 11.5 Å². The Morgan fingerprint density at radius 1 is 0.902 bits per heavy atom. The van der Waals surface area contributed by atoms with E-state index in [0.29, 0.717) is 24.5 Å². The number of hydrogen-bond donors (Lipinski definition) is 1. The number of benzene rings is 3. The molecule has 0 bridgehead atoms. The first-order valence-electron chi connectivity index (χ1n) is 13.6. The predicted octanol–water partition coefficient (Wildman–Crippen LogP) is 4.54. The first kappa shape index (κ1) is 31.5. The summed E-state index contributed by atoms with van der Waals surface area (Å²) in [6, 6.07) is 19.4. The molecule has 0 spiro atoms. The Morgan fingerprint density at radius 2 is 1.54 bits per heavy atom. The number of amides is 2. The fourth-order valence-corrected chi connectivity index (χ4v) is 5.79. The topological polar surface area (TPSA) is 105 Å². The Kier molecular flexibility index (Phi) is 11.2. The number of carbonyl (C=O) groups excluding carboxylic acids is 2. The van der Waals surface area contributed by atoms with Crippen LogP contribution in [0.3, 0.4) is 0 Å². The number of nitrogens with zero attached hydrogens (tertiary/aromatic N) is 2. The number of sulfonamides is 1. The molecule has 0 aliphatic carbocycles. The fourth-order valence-electron chi connectivity index (χ4n) is 4.38. The summed E-state index contributed by atoms with van der Waals surface area (Å²) in [5.74, 6) is 0.237. The van der Waals surface area contributed by atoms with Crippen LogP contribution in [0, 0.1) is 6.92 Å². The Labute approximate surface area is 243 Å². The van der Waals surface area contributed by atoms with E-state index in [1.807, 2.05) is 26.8 Å². The van der Waals surface area contributed by atoms with Crippen molar-refractivity contribution in [2.24, 2.45) is 0 Å². The van der Waals surface area contributed by atoms with E-state index in [-0.39, 0.29) is 23.0 Å². The normalized spacial score (nSPS) is 11.8. The molecule has 0 saturated carbocycles. The SMILES string of the molecule is CCCNC(=O)[C@H](CC)N(Cc1cccc(OC)c1)C(=O)CN(c1cccc(OC)c1)S(=O)(=O)c1ccc(C)cc1. The maximum absolute atomic E-state index is 14.1. The molecule has 0 aliphatic rings. The van der Waals surface area contributed by atoms with Crippen LogP contribution in [-0.4, -0.2) is 58.5 Å². The zero-order chi connectivity index (χ0) is 30.0. The number of ether oxygens (including phenoxy) is 2. The zero-order valence-corrected chi connectivity index (χ0v) is 25.1. The molecule has 3 aromatic carbocycles. The smallest absolute Gasteiger partial charge is 0.264 e. The number of aryl methyl sites for hydroxylation is 1. The Hall–Kier alpha value is -4.05. The molecule has 0 aliphatic heterocycles. The van der Waals surface area contributed by atoms with E-state index < -0.39 is 28.5 Å². The quantitative estimate of drug-likeness (QED) is 0.300. The van der Waals surface area contributed by atoms with E-state index in [0.717, 1.165) is 21.9 Å². The second-order valence-electron chi connectivity index (χ2n) is 9.61. The van der Waals surface area contributed by atoms with Gasteiger partial charge in [-0.2, -0.15) is 0 Å². The minimum absolute atomic E-state index is 0.0470. The van der Waals surface area contributed by atoms with Crippen molar-refractivity contribution < 1.29 is 27.5 Å². The van der Waals surface area contributed by atoms with Crippen molar-refractivity contribution in [1.82, 2.24) is 10.2 Å². The lowest BCUT2D eigenvalue weighted by Gasteiger charge is -2.33. The molecule has 3 rings (SSSR count). The number of hydrogen-bond acceptors (Lipinski definition) is 6. The number of carbonyl (C=O) groups is 2. The van der Waals surface area contributed by atoms with Crippen molar-refractivity contribution in [2.45, 2.75) is 51.1 Å². The second-order valence-corrected chi connectivity index (χ2v) is 11.5. The van der Waals surface area contributed by atoms with Crippen LogP contribution in [0.4, 0.5) is 5.69 Å². The van der Waals surface area contributed by atoms with Gasteiger partial charge in [0.1, 0.15) is 24.1 Å². The Morgan fingerprint density at radius 3 is 2.15 bits per heavy atom. The van der Waals surface area contributed by atoms with Gasteiger partial charge in [0.25, 0.3) is 10.0 Å². The summed E-state index contributed by atoms with van der Waals surface area (Å²) in [6.07, 6.45) is 1.08. The minimum Gasteiger partial charge on any atom is -0.497 e. The van der Waals surface area contributed by atoms with Gasteiger partial charge >= 0.3 is 0 Å². The van der Waals surface area contributed by atoms with E-state index in [1.165, 1.54) is 24.1 Å². The molecule has 0 saturated heterocycles. The summed E-state index contributed by atoms with van der Waals surface area (Å²) in [4.78, 5) is 28.8. The molecule has 220 valence electrons. The third-order valence-corrected chi connectivity index (χ3v) is 8.44. The van der Waals surface area contributed by atoms with Gasteiger partial charge in [-0.1, -0.05) is 49.7 Å². The van der Waals surface area contributed by atoms with E-state index >= 15 is 0 Å². The average Bonchev–Trinajstić information content (AvgIpc) is 2.98. The first-order valence-corrected chi connectivity index (χ1v) is 15.0. The molecule has 0 unspecified atom stereocenters. The third kappa shape index (κ3) is 8.00. The summed E-state index contributed by atoms with van der Waals surface area (Å²) < 4.78 is 39.7. The molecule has 10 heteroatoms. The van der Waals surface area contributed by atoms with Gasteiger partial charge in [0.15, 0.2) is 0 Å². The third-order valence-electron chi connectivity index (χ3n) is 6.65. The van der Waals surface area contributed by atoms with Gasteiger partial charge in [0, 0.05) is 19.2 Å². The molecule has 1 atom stereocenters. The molecular weight excluding hydrogens is 542 g/mol. The zero-order valence-electron chi connectivity index (χ0n) is 24.3. The predicted molar refractivity (Wildman–Crippen MR) is 160 cm³/mol. The fraction of sp³-hybridized carbons (Fsp3) is 0.355. The van der Waals surface area contributed by atoms with Gasteiger partial charge in [-0.3, -0.25) is 13.9 Å². The largest absolute Gasteiger partial charge is 0.497 e. The van der Waals surface area contributed by atoms with Crippen LogP contribution in [0.2, 0.25) is 0 Å². The molecule has 41 heavy (non-hydrogen) atoms. The van der Waals surface area contributed by atoms with Crippen molar-refractivity contribution >= 4 is 27.5 Å². The van der Waals surface area contributed by atoms with E-state index in [4.69, 9.17) is 9.47 Å². The monoisotopic (exact) mass is 581 g/mol. The van der Waals surface area contributed by atoms with E-state index in [9.17, 15) is 18.0 Å². The first-order chi connectivity index (χ1) is 19.6. The summed E-state index contributed by atoms with van der Waals surface area (Å²) in [5, 5.41) is 2.88. The molecule has 0 aromatic heterocycles. The Bertz CT molecular complexity index is 1430. The van der Waals surface area contributed by atoms with Crippen molar-refractivity contribution in [3.8, 4) is 11.5 Å². The highest BCUT2D eigenvalue weighted by Crippen LogP contribution is 2.28. The van der Waals surface area contributed by atoms with Crippen molar-refractivity contribution in [3.63, 3.8) is 0 Å². The number of nitrogens with one attached hydrogen (secondary N) is 1. The maximum atomic E-state index is 14.1. The minimum atomic E-state index is -4.17. The lowest BCUT2D eigenvalue weighted by atomic mass is 10.1. The molecule has 3 aromatic rings. The molecule has 2 amide bonds. The van der Waals surface area contributed by atoms with E-state index in [2.05, 4.69) is 5.32 Å². The van der Waals surface area contributed by atoms with Crippen LogP contribution in [0.15, 0.2) is 77.7 Å². The molecule has 0 fully saturated rings. The molecule has 0 radical (unpaired) electrons. The van der Waals surface area contributed by atoms with Gasteiger partial charge in [0.05, 0.1) is 24.8 Å². The van der Waals surface area contributed by atoms with Crippen LogP contribution in [0.25, 0.3) is 0 Å². The van der Waals surface area contributed by atoms with Crippen molar-refractivity contribution in [3.05, 3.63) is 83.9 Å². The summed E-state index contributed by atoms with van der Waals surface area (Å²) >= 11 is 0. The van der Waals surface area contributed by atoms with Crippen LogP contribution in [-0.2, 0) is 26.2 Å². The highest BCUT2D eigenvalue weighted by molar-refractivity contribution is 7.92. The van der Waals surface area contributed by atoms with Crippen LogP contribution >= 0.6 is 0 Å². The standard InChI is InChI=1S/C31H39N3O6S/c1-6-18-32-31(36)29(7-2)33(21-24-10-8-12-26(19-24)39-4)30(35)22-34(25-11-9-13-27(20-25)40-5)41(37,38)28-16-14-23(3)15-17-28/h8-17,19-20,29H,6-7,18,21-22H2,1-5H3,(H,32,36)/t29-/m0/s1. The second kappa shape index (κ2) is 14.5. The highest BCUT2D eigenvalue weighted by Gasteiger charge is 2.33. The molecule has 1 N–H and O–H groups in total. The van der Waals surface area contributed by atoms with Crippen LogP contribution < -0.4 is 19.1 Å². The summed E-state index contributed by atoms with van der Waals surface area (Å²) in [7, 11) is -1.13. The number of rotatable bonds is 14. The highest BCUT2D eigenvalue weighted by atomic mass is 32.2. The molecular formula is C31H39N3O6S. The van der Waals surface area contributed by atoms with Gasteiger partial charge < -0.3 is 19.7 Å². The summed E-state index contributed by atoms with van der Waals surface area (Å²) in [6.45, 7) is 5.67. The average molecular weight is 582 g/mol. The maximum Gasteiger partial charge on any atom is 0.264 e. The van der Waals surface area contributed by atoms with E-state index in [1.54, 1.807) is 61.7 Å². The molecule has 9 nitrogen and oxygen atoms in total. The molecule has 0 heterocycles. The van der Waals surface area contributed by atoms with Gasteiger partial charge in [-0.25, -0.2) is 8.42 Å².